The number of nitrogens with one attached hydrogen (secondary N) is 1. The summed E-state index contributed by atoms with van der Waals surface area (Å²) in [6.07, 6.45) is 5.78. The Hall–Kier alpha value is -1.38. The highest BCUT2D eigenvalue weighted by Crippen LogP contribution is 2.23. The lowest BCUT2D eigenvalue weighted by Gasteiger charge is -2.21. The Labute approximate surface area is 126 Å². The molecule has 0 aliphatic rings. The number of pyridine rings is 1. The molecule has 106 valence electrons. The zero-order chi connectivity index (χ0) is 14.4. The zero-order valence-corrected chi connectivity index (χ0v) is 12.8. The predicted molar refractivity (Wildman–Crippen MR) is 85.2 cm³/mol. The van der Waals surface area contributed by atoms with Crippen LogP contribution in [-0.2, 0) is 12.8 Å². The summed E-state index contributed by atoms with van der Waals surface area (Å²) < 4.78 is 0. The van der Waals surface area contributed by atoms with E-state index in [4.69, 9.17) is 11.6 Å². The number of aromatic nitrogens is 1. The zero-order valence-electron chi connectivity index (χ0n) is 12.1. The maximum atomic E-state index is 6.08. The van der Waals surface area contributed by atoms with Gasteiger partial charge in [-0.05, 0) is 54.3 Å². The molecule has 1 aromatic heterocycles. The van der Waals surface area contributed by atoms with Crippen LogP contribution >= 0.6 is 11.6 Å². The second-order valence-corrected chi connectivity index (χ2v) is 5.31. The molecule has 1 atom stereocenters. The highest BCUT2D eigenvalue weighted by atomic mass is 35.5. The molecule has 0 spiro atoms. The third kappa shape index (κ3) is 3.81. The highest BCUT2D eigenvalue weighted by molar-refractivity contribution is 6.30. The van der Waals surface area contributed by atoms with Crippen molar-refractivity contribution in [3.8, 4) is 0 Å². The van der Waals surface area contributed by atoms with Gasteiger partial charge in [-0.1, -0.05) is 37.6 Å². The fourth-order valence-electron chi connectivity index (χ4n) is 2.51. The van der Waals surface area contributed by atoms with E-state index < -0.39 is 0 Å². The van der Waals surface area contributed by atoms with Crippen LogP contribution in [0.1, 0.15) is 36.6 Å². The van der Waals surface area contributed by atoms with Crippen molar-refractivity contribution in [2.24, 2.45) is 0 Å². The number of hydrogen-bond donors (Lipinski definition) is 1. The molecule has 0 fully saturated rings. The molecule has 0 radical (unpaired) electrons. The van der Waals surface area contributed by atoms with Crippen LogP contribution < -0.4 is 5.32 Å². The van der Waals surface area contributed by atoms with Crippen LogP contribution in [0, 0.1) is 0 Å². The van der Waals surface area contributed by atoms with Crippen molar-refractivity contribution in [2.75, 3.05) is 6.54 Å². The summed E-state index contributed by atoms with van der Waals surface area (Å²) in [5.41, 5.74) is 3.90. The first kappa shape index (κ1) is 15.0. The Morgan fingerprint density at radius 2 is 2.10 bits per heavy atom. The Balaban J connectivity index is 2.26. The summed E-state index contributed by atoms with van der Waals surface area (Å²) in [7, 11) is 0. The quantitative estimate of drug-likeness (QED) is 0.862. The van der Waals surface area contributed by atoms with Gasteiger partial charge in [0.25, 0.3) is 0 Å². The summed E-state index contributed by atoms with van der Waals surface area (Å²) >= 11 is 6.08. The van der Waals surface area contributed by atoms with Gasteiger partial charge < -0.3 is 5.32 Å². The first-order valence-electron chi connectivity index (χ1n) is 7.15. The van der Waals surface area contributed by atoms with E-state index in [1.165, 1.54) is 16.7 Å². The van der Waals surface area contributed by atoms with E-state index in [1.807, 2.05) is 30.6 Å². The molecule has 2 rings (SSSR count). The predicted octanol–water partition coefficient (Wildman–Crippen LogP) is 4.19. The first-order valence-corrected chi connectivity index (χ1v) is 7.53. The summed E-state index contributed by atoms with van der Waals surface area (Å²) in [4.78, 5) is 4.23. The number of aryl methyl sites for hydroxylation is 1. The molecule has 0 aliphatic carbocycles. The molecule has 1 N–H and O–H groups in total. The molecule has 1 aromatic carbocycles. The summed E-state index contributed by atoms with van der Waals surface area (Å²) in [6, 6.07) is 10.5. The van der Waals surface area contributed by atoms with Gasteiger partial charge in [-0.15, -0.1) is 0 Å². The molecule has 0 aliphatic heterocycles. The Bertz CT molecular complexity index is 554. The van der Waals surface area contributed by atoms with E-state index in [0.29, 0.717) is 6.04 Å². The van der Waals surface area contributed by atoms with Crippen LogP contribution in [0.2, 0.25) is 5.02 Å². The Morgan fingerprint density at radius 1 is 1.25 bits per heavy atom. The number of likely N-dealkylation sites (N-methyl/N-ethyl adjacent to an activating group) is 1. The largest absolute Gasteiger partial charge is 0.310 e. The van der Waals surface area contributed by atoms with Crippen LogP contribution in [0.3, 0.4) is 0 Å². The van der Waals surface area contributed by atoms with Crippen molar-refractivity contribution in [3.63, 3.8) is 0 Å². The van der Waals surface area contributed by atoms with Crippen molar-refractivity contribution in [3.05, 3.63) is 64.4 Å². The fourth-order valence-corrected chi connectivity index (χ4v) is 2.72. The lowest BCUT2D eigenvalue weighted by Crippen LogP contribution is -2.24. The van der Waals surface area contributed by atoms with Crippen molar-refractivity contribution in [1.82, 2.24) is 10.3 Å². The van der Waals surface area contributed by atoms with E-state index in [9.17, 15) is 0 Å². The number of halogens is 1. The molecule has 20 heavy (non-hydrogen) atoms. The summed E-state index contributed by atoms with van der Waals surface area (Å²) in [5.74, 6) is 0. The fraction of sp³-hybridized carbons (Fsp3) is 0.353. The Morgan fingerprint density at radius 3 is 2.80 bits per heavy atom. The highest BCUT2D eigenvalue weighted by Gasteiger charge is 2.14. The van der Waals surface area contributed by atoms with E-state index in [1.54, 1.807) is 0 Å². The van der Waals surface area contributed by atoms with Gasteiger partial charge in [0, 0.05) is 23.5 Å². The van der Waals surface area contributed by atoms with Crippen LogP contribution in [0.4, 0.5) is 0 Å². The topological polar surface area (TPSA) is 24.9 Å². The van der Waals surface area contributed by atoms with Crippen molar-refractivity contribution in [2.45, 2.75) is 32.7 Å². The van der Waals surface area contributed by atoms with Gasteiger partial charge in [0.1, 0.15) is 0 Å². The maximum Gasteiger partial charge on any atom is 0.0408 e. The average molecular weight is 289 g/mol. The monoisotopic (exact) mass is 288 g/mol. The summed E-state index contributed by atoms with van der Waals surface area (Å²) in [6.45, 7) is 5.25. The van der Waals surface area contributed by atoms with Gasteiger partial charge in [0.2, 0.25) is 0 Å². The minimum atomic E-state index is 0.302. The summed E-state index contributed by atoms with van der Waals surface area (Å²) in [5, 5.41) is 4.37. The molecule has 1 unspecified atom stereocenters. The van der Waals surface area contributed by atoms with Gasteiger partial charge in [-0.2, -0.15) is 0 Å². The second kappa shape index (κ2) is 7.41. The normalized spacial score (nSPS) is 12.3. The van der Waals surface area contributed by atoms with Gasteiger partial charge in [0.15, 0.2) is 0 Å². The third-order valence-electron chi connectivity index (χ3n) is 3.48. The first-order chi connectivity index (χ1) is 9.74. The van der Waals surface area contributed by atoms with E-state index >= 15 is 0 Å². The minimum absolute atomic E-state index is 0.302. The van der Waals surface area contributed by atoms with Crippen LogP contribution in [0.15, 0.2) is 42.7 Å². The SMILES string of the molecule is CCNC(Cc1cccc(Cl)c1)c1ccncc1CC. The van der Waals surface area contributed by atoms with Crippen LogP contribution in [0.25, 0.3) is 0 Å². The molecule has 0 saturated carbocycles. The van der Waals surface area contributed by atoms with Gasteiger partial charge in [0.05, 0.1) is 0 Å². The molecule has 3 heteroatoms. The van der Waals surface area contributed by atoms with Gasteiger partial charge in [-0.3, -0.25) is 4.98 Å². The molecule has 0 saturated heterocycles. The third-order valence-corrected chi connectivity index (χ3v) is 3.71. The van der Waals surface area contributed by atoms with Crippen LogP contribution in [-0.4, -0.2) is 11.5 Å². The standard InChI is InChI=1S/C17H21ClN2/c1-3-14-12-19-9-8-16(14)17(20-4-2)11-13-6-5-7-15(18)10-13/h5-10,12,17,20H,3-4,11H2,1-2H3. The number of rotatable bonds is 6. The van der Waals surface area contributed by atoms with E-state index in [-0.39, 0.29) is 0 Å². The Kier molecular flexibility index (Phi) is 5.57. The van der Waals surface area contributed by atoms with E-state index in [2.05, 4.69) is 36.3 Å². The lowest BCUT2D eigenvalue weighted by atomic mass is 9.95. The van der Waals surface area contributed by atoms with Crippen molar-refractivity contribution in [1.29, 1.82) is 0 Å². The maximum absolute atomic E-state index is 6.08. The molecular weight excluding hydrogens is 268 g/mol. The van der Waals surface area contributed by atoms with Gasteiger partial charge >= 0.3 is 0 Å². The molecule has 2 nitrogen and oxygen atoms in total. The lowest BCUT2D eigenvalue weighted by molar-refractivity contribution is 0.545. The minimum Gasteiger partial charge on any atom is -0.310 e. The molecule has 2 aromatic rings. The van der Waals surface area contributed by atoms with Crippen LogP contribution in [0.5, 0.6) is 0 Å². The molecule has 1 heterocycles. The van der Waals surface area contributed by atoms with E-state index in [0.717, 1.165) is 24.4 Å². The molecule has 0 bridgehead atoms. The number of nitrogens with zero attached hydrogens (tertiary/aromatic N) is 1. The molecule has 0 amide bonds. The van der Waals surface area contributed by atoms with Crippen molar-refractivity contribution >= 4 is 11.6 Å². The number of hydrogen-bond acceptors (Lipinski definition) is 2. The van der Waals surface area contributed by atoms with Gasteiger partial charge in [-0.25, -0.2) is 0 Å². The van der Waals surface area contributed by atoms with Crippen molar-refractivity contribution < 1.29 is 0 Å². The smallest absolute Gasteiger partial charge is 0.0408 e. The molecular formula is C17H21ClN2. The second-order valence-electron chi connectivity index (χ2n) is 4.87. The average Bonchev–Trinajstić information content (AvgIpc) is 2.47. The number of benzene rings is 1.